The Bertz CT molecular complexity index is 341. The smallest absolute Gasteiger partial charge is 0.0991 e. The molecule has 2 nitrogen and oxygen atoms in total. The summed E-state index contributed by atoms with van der Waals surface area (Å²) >= 11 is 13.3. The van der Waals surface area contributed by atoms with Crippen molar-refractivity contribution in [1.82, 2.24) is 5.32 Å². The average molecular weight is 282 g/mol. The summed E-state index contributed by atoms with van der Waals surface area (Å²) in [6, 6.07) is 1.97. The molecule has 2 atom stereocenters. The average Bonchev–Trinajstić information content (AvgIpc) is 2.53. The monoisotopic (exact) mass is 281 g/mol. The van der Waals surface area contributed by atoms with Gasteiger partial charge in [0.1, 0.15) is 0 Å². The summed E-state index contributed by atoms with van der Waals surface area (Å²) in [4.78, 5) is 0. The maximum Gasteiger partial charge on any atom is 0.0991 e. The Kier molecular flexibility index (Phi) is 5.54. The van der Waals surface area contributed by atoms with E-state index in [1.165, 1.54) is 11.3 Å². The molecule has 0 aliphatic rings. The van der Waals surface area contributed by atoms with Crippen LogP contribution in [0.15, 0.2) is 6.07 Å². The molecule has 0 fully saturated rings. The number of aliphatic hydroxyl groups excluding tert-OH is 1. The Morgan fingerprint density at radius 3 is 2.44 bits per heavy atom. The Morgan fingerprint density at radius 2 is 2.00 bits per heavy atom. The van der Waals surface area contributed by atoms with Crippen molar-refractivity contribution in [3.8, 4) is 0 Å². The molecule has 0 radical (unpaired) electrons. The zero-order valence-corrected chi connectivity index (χ0v) is 12.0. The second-order valence-electron chi connectivity index (χ2n) is 4.22. The van der Waals surface area contributed by atoms with E-state index >= 15 is 0 Å². The van der Waals surface area contributed by atoms with Gasteiger partial charge in [-0.3, -0.25) is 0 Å². The van der Waals surface area contributed by atoms with E-state index < -0.39 is 0 Å². The van der Waals surface area contributed by atoms with Gasteiger partial charge in [-0.2, -0.15) is 0 Å². The number of halogens is 2. The molecule has 0 amide bonds. The van der Waals surface area contributed by atoms with Gasteiger partial charge in [0, 0.05) is 12.6 Å². The lowest BCUT2D eigenvalue weighted by Crippen LogP contribution is -2.32. The van der Waals surface area contributed by atoms with Crippen molar-refractivity contribution in [1.29, 1.82) is 0 Å². The first-order valence-electron chi connectivity index (χ1n) is 5.28. The van der Waals surface area contributed by atoms with Gasteiger partial charge in [-0.15, -0.1) is 11.3 Å². The Morgan fingerprint density at radius 1 is 1.38 bits per heavy atom. The molecule has 5 heteroatoms. The van der Waals surface area contributed by atoms with Gasteiger partial charge >= 0.3 is 0 Å². The quantitative estimate of drug-likeness (QED) is 0.862. The highest BCUT2D eigenvalue weighted by molar-refractivity contribution is 7.20. The van der Waals surface area contributed by atoms with Crippen molar-refractivity contribution in [2.24, 2.45) is 5.92 Å². The lowest BCUT2D eigenvalue weighted by molar-refractivity contribution is 0.121. The molecule has 92 valence electrons. The molecule has 1 heterocycles. The van der Waals surface area contributed by atoms with Crippen LogP contribution in [0.25, 0.3) is 0 Å². The molecule has 2 unspecified atom stereocenters. The van der Waals surface area contributed by atoms with E-state index in [4.69, 9.17) is 23.2 Å². The van der Waals surface area contributed by atoms with Crippen molar-refractivity contribution in [2.45, 2.75) is 32.9 Å². The summed E-state index contributed by atoms with van der Waals surface area (Å²) < 4.78 is 1.40. The van der Waals surface area contributed by atoms with Gasteiger partial charge in [-0.1, -0.05) is 37.0 Å². The Hall–Kier alpha value is 0.200. The molecular formula is C11H17Cl2NOS. The van der Waals surface area contributed by atoms with Gasteiger partial charge in [0.2, 0.25) is 0 Å². The van der Waals surface area contributed by atoms with Crippen molar-refractivity contribution < 1.29 is 5.11 Å². The third-order valence-electron chi connectivity index (χ3n) is 2.55. The maximum absolute atomic E-state index is 9.68. The molecule has 0 aliphatic carbocycles. The van der Waals surface area contributed by atoms with E-state index in [0.29, 0.717) is 15.2 Å². The molecule has 0 aromatic carbocycles. The molecule has 0 saturated heterocycles. The molecule has 16 heavy (non-hydrogen) atoms. The minimum absolute atomic E-state index is 0.102. The van der Waals surface area contributed by atoms with Crippen molar-refractivity contribution in [2.75, 3.05) is 6.54 Å². The summed E-state index contributed by atoms with van der Waals surface area (Å²) in [5.74, 6) is 0.251. The van der Waals surface area contributed by atoms with Crippen LogP contribution in [-0.2, 0) is 0 Å². The van der Waals surface area contributed by atoms with Crippen LogP contribution in [0, 0.1) is 5.92 Å². The molecule has 0 spiro atoms. The molecule has 2 N–H and O–H groups in total. The summed E-state index contributed by atoms with van der Waals surface area (Å²) in [6.45, 7) is 6.55. The molecule has 0 bridgehead atoms. The molecular weight excluding hydrogens is 265 g/mol. The van der Waals surface area contributed by atoms with Gasteiger partial charge in [0.05, 0.1) is 14.8 Å². The minimum Gasteiger partial charge on any atom is -0.392 e. The molecule has 0 aliphatic heterocycles. The summed E-state index contributed by atoms with van der Waals surface area (Å²) in [5.41, 5.74) is 0.993. The van der Waals surface area contributed by atoms with Crippen LogP contribution in [-0.4, -0.2) is 17.8 Å². The fraction of sp³-hybridized carbons (Fsp3) is 0.636. The van der Waals surface area contributed by atoms with Crippen LogP contribution in [0.1, 0.15) is 32.4 Å². The number of aliphatic hydroxyl groups is 1. The van der Waals surface area contributed by atoms with E-state index in [1.807, 2.05) is 26.8 Å². The zero-order valence-electron chi connectivity index (χ0n) is 9.63. The number of nitrogens with one attached hydrogen (secondary N) is 1. The summed E-state index contributed by atoms with van der Waals surface area (Å²) in [7, 11) is 0. The van der Waals surface area contributed by atoms with Crippen LogP contribution in [0.2, 0.25) is 8.67 Å². The lowest BCUT2D eigenvalue weighted by Gasteiger charge is -2.19. The van der Waals surface area contributed by atoms with E-state index in [-0.39, 0.29) is 18.1 Å². The highest BCUT2D eigenvalue weighted by Crippen LogP contribution is 2.34. The first kappa shape index (κ1) is 14.3. The normalized spacial score (nSPS) is 15.4. The Balaban J connectivity index is 2.53. The fourth-order valence-corrected chi connectivity index (χ4v) is 2.94. The van der Waals surface area contributed by atoms with E-state index in [2.05, 4.69) is 5.32 Å². The standard InChI is InChI=1S/C11H17Cl2NOS/c1-6(2)9(15)5-14-7(3)8-4-10(12)16-11(8)13/h4,6-7,9,14-15H,5H2,1-3H3. The number of rotatable bonds is 5. The van der Waals surface area contributed by atoms with Crippen LogP contribution in [0.4, 0.5) is 0 Å². The molecule has 1 aromatic rings. The third-order valence-corrected chi connectivity index (χ3v) is 4.07. The minimum atomic E-state index is -0.338. The van der Waals surface area contributed by atoms with Gasteiger partial charge in [-0.25, -0.2) is 0 Å². The van der Waals surface area contributed by atoms with Crippen LogP contribution >= 0.6 is 34.5 Å². The summed E-state index contributed by atoms with van der Waals surface area (Å²) in [5, 5.41) is 12.9. The molecule has 0 saturated carbocycles. The van der Waals surface area contributed by atoms with Crippen LogP contribution < -0.4 is 5.32 Å². The second-order valence-corrected chi connectivity index (χ2v) is 6.51. The van der Waals surface area contributed by atoms with Crippen LogP contribution in [0.5, 0.6) is 0 Å². The third kappa shape index (κ3) is 3.90. The number of thiophene rings is 1. The SMILES string of the molecule is CC(NCC(O)C(C)C)c1cc(Cl)sc1Cl. The predicted molar refractivity (Wildman–Crippen MR) is 71.6 cm³/mol. The Labute approximate surface area is 111 Å². The van der Waals surface area contributed by atoms with Gasteiger partial charge < -0.3 is 10.4 Å². The van der Waals surface area contributed by atoms with Crippen molar-refractivity contribution in [3.05, 3.63) is 20.3 Å². The summed E-state index contributed by atoms with van der Waals surface area (Å²) in [6.07, 6.45) is -0.338. The van der Waals surface area contributed by atoms with E-state index in [9.17, 15) is 5.11 Å². The largest absolute Gasteiger partial charge is 0.392 e. The number of hydrogen-bond acceptors (Lipinski definition) is 3. The van der Waals surface area contributed by atoms with E-state index in [1.54, 1.807) is 0 Å². The highest BCUT2D eigenvalue weighted by atomic mass is 35.5. The van der Waals surface area contributed by atoms with Gasteiger partial charge in [0.25, 0.3) is 0 Å². The van der Waals surface area contributed by atoms with E-state index in [0.717, 1.165) is 5.56 Å². The molecule has 1 aromatic heterocycles. The second kappa shape index (κ2) is 6.22. The van der Waals surface area contributed by atoms with Gasteiger partial charge in [-0.05, 0) is 24.5 Å². The maximum atomic E-state index is 9.68. The highest BCUT2D eigenvalue weighted by Gasteiger charge is 2.15. The van der Waals surface area contributed by atoms with Crippen LogP contribution in [0.3, 0.4) is 0 Å². The zero-order chi connectivity index (χ0) is 12.3. The number of hydrogen-bond donors (Lipinski definition) is 2. The fourth-order valence-electron chi connectivity index (χ4n) is 1.29. The van der Waals surface area contributed by atoms with Gasteiger partial charge in [0.15, 0.2) is 0 Å². The van der Waals surface area contributed by atoms with Crippen molar-refractivity contribution >= 4 is 34.5 Å². The topological polar surface area (TPSA) is 32.3 Å². The first-order valence-corrected chi connectivity index (χ1v) is 6.85. The first-order chi connectivity index (χ1) is 7.41. The predicted octanol–water partition coefficient (Wildman–Crippen LogP) is 3.72. The molecule has 1 rings (SSSR count). The lowest BCUT2D eigenvalue weighted by atomic mass is 10.1. The van der Waals surface area contributed by atoms with Crippen molar-refractivity contribution in [3.63, 3.8) is 0 Å².